The van der Waals surface area contributed by atoms with Crippen molar-refractivity contribution >= 4 is 36.8 Å². The van der Waals surface area contributed by atoms with Crippen molar-refractivity contribution in [2.24, 2.45) is 5.14 Å². The number of hydrogen-bond acceptors (Lipinski definition) is 5. The normalized spacial score (nSPS) is 11.7. The first kappa shape index (κ1) is 21.6. The van der Waals surface area contributed by atoms with Crippen molar-refractivity contribution in [3.8, 4) is 23.0 Å². The van der Waals surface area contributed by atoms with Crippen molar-refractivity contribution in [3.05, 3.63) is 78.1 Å². The molecule has 1 heterocycles. The van der Waals surface area contributed by atoms with Gasteiger partial charge in [0.2, 0.25) is 20.0 Å². The van der Waals surface area contributed by atoms with Gasteiger partial charge in [-0.05, 0) is 53.9 Å². The second kappa shape index (κ2) is 8.12. The van der Waals surface area contributed by atoms with Crippen molar-refractivity contribution in [2.75, 3.05) is 11.0 Å². The van der Waals surface area contributed by atoms with Gasteiger partial charge in [-0.2, -0.15) is 0 Å². The number of anilines is 1. The van der Waals surface area contributed by atoms with Gasteiger partial charge in [0, 0.05) is 16.8 Å². The highest BCUT2D eigenvalue weighted by Crippen LogP contribution is 2.28. The number of nitrogens with zero attached hydrogens (tertiary/aromatic N) is 1. The molecular weight excluding hydrogens is 448 g/mol. The van der Waals surface area contributed by atoms with Crippen LogP contribution in [0.2, 0.25) is 0 Å². The Morgan fingerprint density at radius 3 is 2.34 bits per heavy atom. The number of H-pyrrole nitrogens is 1. The molecule has 0 bridgehead atoms. The van der Waals surface area contributed by atoms with Crippen LogP contribution in [0.1, 0.15) is 11.4 Å². The molecule has 8 nitrogen and oxygen atoms in total. The van der Waals surface area contributed by atoms with Crippen LogP contribution < -0.4 is 9.86 Å². The first-order chi connectivity index (χ1) is 15.1. The Bertz CT molecular complexity index is 1600. The van der Waals surface area contributed by atoms with Crippen LogP contribution in [0, 0.1) is 11.8 Å². The average Bonchev–Trinajstić information content (AvgIpc) is 3.14. The summed E-state index contributed by atoms with van der Waals surface area (Å²) in [6.45, 7) is 0. The van der Waals surface area contributed by atoms with E-state index in [9.17, 15) is 16.8 Å². The zero-order chi connectivity index (χ0) is 22.9. The lowest BCUT2D eigenvalue weighted by atomic mass is 10.1. The SMILES string of the molecule is CS(=O)(=O)Nc1ccc(C#Cc2nc3ccc(-c4ccccc4S(N)(=O)=O)cc3[nH]2)cc1. The zero-order valence-corrected chi connectivity index (χ0v) is 18.5. The predicted molar refractivity (Wildman–Crippen MR) is 124 cm³/mol. The number of nitrogens with two attached hydrogens (primary N) is 1. The molecule has 4 rings (SSSR count). The van der Waals surface area contributed by atoms with Crippen molar-refractivity contribution in [3.63, 3.8) is 0 Å². The van der Waals surface area contributed by atoms with Crippen LogP contribution >= 0.6 is 0 Å². The summed E-state index contributed by atoms with van der Waals surface area (Å²) < 4.78 is 48.8. The van der Waals surface area contributed by atoms with Crippen molar-refractivity contribution < 1.29 is 16.8 Å². The Hall–Kier alpha value is -3.65. The van der Waals surface area contributed by atoms with Crippen LogP contribution in [-0.4, -0.2) is 33.1 Å². The highest BCUT2D eigenvalue weighted by atomic mass is 32.2. The van der Waals surface area contributed by atoms with Gasteiger partial charge >= 0.3 is 0 Å². The van der Waals surface area contributed by atoms with Crippen LogP contribution in [0.4, 0.5) is 5.69 Å². The molecule has 3 aromatic carbocycles. The lowest BCUT2D eigenvalue weighted by molar-refractivity contribution is 0.597. The van der Waals surface area contributed by atoms with E-state index in [0.717, 1.165) is 6.26 Å². The molecule has 10 heteroatoms. The smallest absolute Gasteiger partial charge is 0.238 e. The maximum absolute atomic E-state index is 11.9. The number of fused-ring (bicyclic) bond motifs is 1. The number of hydrogen-bond donors (Lipinski definition) is 3. The summed E-state index contributed by atoms with van der Waals surface area (Å²) in [5, 5.41) is 5.35. The van der Waals surface area contributed by atoms with E-state index in [0.29, 0.717) is 39.2 Å². The highest BCUT2D eigenvalue weighted by Gasteiger charge is 2.15. The fourth-order valence-electron chi connectivity index (χ4n) is 3.16. The highest BCUT2D eigenvalue weighted by molar-refractivity contribution is 7.92. The van der Waals surface area contributed by atoms with Crippen LogP contribution in [0.5, 0.6) is 0 Å². The summed E-state index contributed by atoms with van der Waals surface area (Å²) in [5.41, 5.74) is 3.70. The Kier molecular flexibility index (Phi) is 5.48. The lowest BCUT2D eigenvalue weighted by Crippen LogP contribution is -2.13. The molecule has 0 unspecified atom stereocenters. The Balaban J connectivity index is 1.63. The van der Waals surface area contributed by atoms with E-state index in [1.54, 1.807) is 60.7 Å². The van der Waals surface area contributed by atoms with Gasteiger partial charge in [-0.15, -0.1) is 0 Å². The molecule has 0 amide bonds. The number of sulfonamides is 2. The molecule has 1 aromatic heterocycles. The second-order valence-corrected chi connectivity index (χ2v) is 10.3. The molecule has 0 atom stereocenters. The average molecular weight is 467 g/mol. The second-order valence-electron chi connectivity index (χ2n) is 7.06. The van der Waals surface area contributed by atoms with Gasteiger partial charge in [0.1, 0.15) is 0 Å². The minimum Gasteiger partial charge on any atom is -0.331 e. The Morgan fingerprint density at radius 1 is 0.938 bits per heavy atom. The van der Waals surface area contributed by atoms with Crippen LogP contribution in [-0.2, 0) is 20.0 Å². The van der Waals surface area contributed by atoms with Crippen molar-refractivity contribution in [1.29, 1.82) is 0 Å². The fraction of sp³-hybridized carbons (Fsp3) is 0.0455. The number of benzene rings is 3. The summed E-state index contributed by atoms with van der Waals surface area (Å²) in [4.78, 5) is 7.60. The molecular formula is C22H18N4O4S2. The fourth-order valence-corrected chi connectivity index (χ4v) is 4.48. The van der Waals surface area contributed by atoms with Gasteiger partial charge < -0.3 is 4.98 Å². The standard InChI is InChI=1S/C22H18N4O4S2/c1-31(27,28)26-17-10-6-15(7-11-17)8-13-22-24-19-12-9-16(14-20(19)25-22)18-4-2-3-5-21(18)32(23,29)30/h2-7,9-12,14,26H,1H3,(H,24,25)(H2,23,29,30). The number of imidazole rings is 1. The monoisotopic (exact) mass is 466 g/mol. The summed E-state index contributed by atoms with van der Waals surface area (Å²) in [6.07, 6.45) is 1.08. The number of primary sulfonamides is 1. The van der Waals surface area contributed by atoms with Gasteiger partial charge in [0.05, 0.1) is 22.2 Å². The predicted octanol–water partition coefficient (Wildman–Crippen LogP) is 2.65. The van der Waals surface area contributed by atoms with E-state index >= 15 is 0 Å². The number of aromatic nitrogens is 2. The van der Waals surface area contributed by atoms with E-state index in [-0.39, 0.29) is 4.90 Å². The molecule has 4 aromatic rings. The topological polar surface area (TPSA) is 135 Å². The van der Waals surface area contributed by atoms with Crippen LogP contribution in [0.15, 0.2) is 71.6 Å². The zero-order valence-electron chi connectivity index (χ0n) is 16.8. The van der Waals surface area contributed by atoms with Crippen molar-refractivity contribution in [2.45, 2.75) is 4.90 Å². The van der Waals surface area contributed by atoms with Gasteiger partial charge in [-0.3, -0.25) is 4.72 Å². The van der Waals surface area contributed by atoms with E-state index in [1.165, 1.54) is 6.07 Å². The van der Waals surface area contributed by atoms with E-state index in [2.05, 4.69) is 26.5 Å². The van der Waals surface area contributed by atoms with E-state index in [4.69, 9.17) is 5.14 Å². The van der Waals surface area contributed by atoms with Crippen molar-refractivity contribution in [1.82, 2.24) is 9.97 Å². The van der Waals surface area contributed by atoms with E-state index < -0.39 is 20.0 Å². The molecule has 162 valence electrons. The molecule has 0 saturated heterocycles. The molecule has 0 aliphatic heterocycles. The third-order valence-corrected chi connectivity index (χ3v) is 6.08. The number of rotatable bonds is 4. The van der Waals surface area contributed by atoms with E-state index in [1.807, 2.05) is 0 Å². The summed E-state index contributed by atoms with van der Waals surface area (Å²) in [7, 11) is -7.20. The number of nitrogens with one attached hydrogen (secondary N) is 2. The molecule has 0 aliphatic rings. The first-order valence-corrected chi connectivity index (χ1v) is 12.7. The quantitative estimate of drug-likeness (QED) is 0.397. The summed E-state index contributed by atoms with van der Waals surface area (Å²) in [6, 6.07) is 18.5. The largest absolute Gasteiger partial charge is 0.331 e. The summed E-state index contributed by atoms with van der Waals surface area (Å²) >= 11 is 0. The van der Waals surface area contributed by atoms with Gasteiger partial charge in [0.25, 0.3) is 0 Å². The van der Waals surface area contributed by atoms with Crippen LogP contribution in [0.25, 0.3) is 22.2 Å². The first-order valence-electron chi connectivity index (χ1n) is 9.30. The summed E-state index contributed by atoms with van der Waals surface area (Å²) in [5.74, 6) is 6.35. The Labute approximate surface area is 185 Å². The number of aromatic amines is 1. The molecule has 0 saturated carbocycles. The third kappa shape index (κ3) is 4.97. The molecule has 0 fully saturated rings. The minimum atomic E-state index is -3.87. The molecule has 0 aliphatic carbocycles. The lowest BCUT2D eigenvalue weighted by Gasteiger charge is -2.07. The Morgan fingerprint density at radius 2 is 1.66 bits per heavy atom. The van der Waals surface area contributed by atoms with Gasteiger partial charge in [-0.1, -0.05) is 30.2 Å². The molecule has 0 radical (unpaired) electrons. The van der Waals surface area contributed by atoms with Crippen LogP contribution in [0.3, 0.4) is 0 Å². The maximum Gasteiger partial charge on any atom is 0.238 e. The van der Waals surface area contributed by atoms with Gasteiger partial charge in [0.15, 0.2) is 5.82 Å². The molecule has 32 heavy (non-hydrogen) atoms. The maximum atomic E-state index is 11.9. The van der Waals surface area contributed by atoms with Gasteiger partial charge in [-0.25, -0.2) is 27.0 Å². The third-order valence-electron chi connectivity index (χ3n) is 4.50. The molecule has 0 spiro atoms. The molecule has 4 N–H and O–H groups in total. The minimum absolute atomic E-state index is 0.0488.